The minimum Gasteiger partial charge on any atom is -0.468 e. The minimum absolute atomic E-state index is 0.168. The third-order valence-corrected chi connectivity index (χ3v) is 4.78. The van der Waals surface area contributed by atoms with Gasteiger partial charge in [0, 0.05) is 26.7 Å². The Kier molecular flexibility index (Phi) is 4.31. The normalized spacial score (nSPS) is 26.9. The number of furan rings is 1. The molecule has 5 nitrogen and oxygen atoms in total. The van der Waals surface area contributed by atoms with Gasteiger partial charge in [-0.2, -0.15) is 0 Å². The number of ether oxygens (including phenoxy) is 1. The van der Waals surface area contributed by atoms with E-state index < -0.39 is 0 Å². The zero-order chi connectivity index (χ0) is 14.7. The van der Waals surface area contributed by atoms with Crippen molar-refractivity contribution >= 4 is 5.91 Å². The Balaban J connectivity index is 1.63. The SMILES string of the molecule is COCCN1CCCC2(CCN(Cc3ccco3)C2)C1=O. The van der Waals surface area contributed by atoms with Crippen molar-refractivity contribution in [1.82, 2.24) is 9.80 Å². The predicted octanol–water partition coefficient (Wildman–Crippen LogP) is 1.74. The average Bonchev–Trinajstić information content (AvgIpc) is 3.12. The molecule has 0 N–H and O–H groups in total. The lowest BCUT2D eigenvalue weighted by Crippen LogP contribution is -2.50. The van der Waals surface area contributed by atoms with E-state index >= 15 is 0 Å². The standard InChI is InChI=1S/C16H24N2O3/c1-20-11-9-18-7-3-5-16(15(18)19)6-8-17(13-16)12-14-4-2-10-21-14/h2,4,10H,3,5-9,11-13H2,1H3. The molecule has 0 bridgehead atoms. The van der Waals surface area contributed by atoms with Crippen molar-refractivity contribution in [3.63, 3.8) is 0 Å². The van der Waals surface area contributed by atoms with Gasteiger partial charge in [-0.05, 0) is 37.9 Å². The third-order valence-electron chi connectivity index (χ3n) is 4.78. The van der Waals surface area contributed by atoms with Crippen molar-refractivity contribution in [1.29, 1.82) is 0 Å². The second-order valence-electron chi connectivity index (χ2n) is 6.21. The van der Waals surface area contributed by atoms with Crippen LogP contribution in [-0.4, -0.2) is 55.6 Å². The van der Waals surface area contributed by atoms with Crippen molar-refractivity contribution in [3.05, 3.63) is 24.2 Å². The van der Waals surface area contributed by atoms with Crippen LogP contribution in [0.1, 0.15) is 25.0 Å². The fourth-order valence-electron chi connectivity index (χ4n) is 3.66. The summed E-state index contributed by atoms with van der Waals surface area (Å²) in [7, 11) is 1.69. The van der Waals surface area contributed by atoms with E-state index in [1.165, 1.54) is 0 Å². The first-order valence-electron chi connectivity index (χ1n) is 7.77. The van der Waals surface area contributed by atoms with Gasteiger partial charge >= 0.3 is 0 Å². The fourth-order valence-corrected chi connectivity index (χ4v) is 3.66. The zero-order valence-corrected chi connectivity index (χ0v) is 12.7. The van der Waals surface area contributed by atoms with Crippen LogP contribution in [0.2, 0.25) is 0 Å². The number of likely N-dealkylation sites (tertiary alicyclic amines) is 2. The molecule has 5 heteroatoms. The highest BCUT2D eigenvalue weighted by molar-refractivity contribution is 5.84. The Labute approximate surface area is 125 Å². The lowest BCUT2D eigenvalue weighted by molar-refractivity contribution is -0.146. The number of rotatable bonds is 5. The molecule has 0 saturated carbocycles. The van der Waals surface area contributed by atoms with Gasteiger partial charge in [-0.15, -0.1) is 0 Å². The Morgan fingerprint density at radius 1 is 1.38 bits per heavy atom. The van der Waals surface area contributed by atoms with Crippen LogP contribution in [0.15, 0.2) is 22.8 Å². The van der Waals surface area contributed by atoms with E-state index in [9.17, 15) is 4.79 Å². The van der Waals surface area contributed by atoms with Gasteiger partial charge in [-0.1, -0.05) is 0 Å². The summed E-state index contributed by atoms with van der Waals surface area (Å²) in [5.41, 5.74) is -0.168. The molecule has 0 aliphatic carbocycles. The third kappa shape index (κ3) is 2.99. The second-order valence-corrected chi connectivity index (χ2v) is 6.21. The van der Waals surface area contributed by atoms with Crippen LogP contribution in [0.25, 0.3) is 0 Å². The first kappa shape index (κ1) is 14.6. The van der Waals surface area contributed by atoms with Gasteiger partial charge in [0.1, 0.15) is 5.76 Å². The van der Waals surface area contributed by atoms with E-state index in [1.807, 2.05) is 17.0 Å². The summed E-state index contributed by atoms with van der Waals surface area (Å²) in [4.78, 5) is 17.2. The van der Waals surface area contributed by atoms with Crippen LogP contribution in [0.4, 0.5) is 0 Å². The van der Waals surface area contributed by atoms with Crippen LogP contribution >= 0.6 is 0 Å². The Morgan fingerprint density at radius 3 is 3.05 bits per heavy atom. The molecule has 2 aliphatic rings. The van der Waals surface area contributed by atoms with Gasteiger partial charge < -0.3 is 14.1 Å². The van der Waals surface area contributed by atoms with Gasteiger partial charge in [-0.25, -0.2) is 0 Å². The number of nitrogens with zero attached hydrogens (tertiary/aromatic N) is 2. The first-order valence-corrected chi connectivity index (χ1v) is 7.77. The molecule has 2 aliphatic heterocycles. The van der Waals surface area contributed by atoms with Gasteiger partial charge in [0.2, 0.25) is 5.91 Å². The molecule has 21 heavy (non-hydrogen) atoms. The molecule has 1 amide bonds. The monoisotopic (exact) mass is 292 g/mol. The van der Waals surface area contributed by atoms with Crippen LogP contribution < -0.4 is 0 Å². The molecule has 3 heterocycles. The Morgan fingerprint density at radius 2 is 2.29 bits per heavy atom. The van der Waals surface area contributed by atoms with Crippen molar-refractivity contribution in [2.24, 2.45) is 5.41 Å². The van der Waals surface area contributed by atoms with Crippen LogP contribution in [-0.2, 0) is 16.1 Å². The van der Waals surface area contributed by atoms with E-state index in [0.29, 0.717) is 12.5 Å². The maximum Gasteiger partial charge on any atom is 0.230 e. The van der Waals surface area contributed by atoms with E-state index in [4.69, 9.17) is 9.15 Å². The van der Waals surface area contributed by atoms with Crippen molar-refractivity contribution in [3.8, 4) is 0 Å². The van der Waals surface area contributed by atoms with Crippen LogP contribution in [0.5, 0.6) is 0 Å². The summed E-state index contributed by atoms with van der Waals surface area (Å²) in [5.74, 6) is 1.30. The summed E-state index contributed by atoms with van der Waals surface area (Å²) in [6.07, 6.45) is 4.80. The zero-order valence-electron chi connectivity index (χ0n) is 12.7. The molecule has 3 rings (SSSR count). The van der Waals surface area contributed by atoms with Crippen molar-refractivity contribution in [2.75, 3.05) is 39.9 Å². The van der Waals surface area contributed by atoms with E-state index in [0.717, 1.165) is 57.7 Å². The molecule has 1 unspecified atom stereocenters. The summed E-state index contributed by atoms with van der Waals surface area (Å²) >= 11 is 0. The lowest BCUT2D eigenvalue weighted by atomic mass is 9.78. The average molecular weight is 292 g/mol. The van der Waals surface area contributed by atoms with E-state index in [2.05, 4.69) is 4.90 Å². The largest absolute Gasteiger partial charge is 0.468 e. The summed E-state index contributed by atoms with van der Waals surface area (Å²) < 4.78 is 10.5. The molecule has 2 fully saturated rings. The van der Waals surface area contributed by atoms with Crippen molar-refractivity contribution in [2.45, 2.75) is 25.8 Å². The molecule has 0 aromatic carbocycles. The molecule has 1 atom stereocenters. The summed E-state index contributed by atoms with van der Waals surface area (Å²) in [6.45, 7) is 4.86. The van der Waals surface area contributed by atoms with Gasteiger partial charge in [0.25, 0.3) is 0 Å². The predicted molar refractivity (Wildman–Crippen MR) is 78.7 cm³/mol. The van der Waals surface area contributed by atoms with Crippen LogP contribution in [0, 0.1) is 5.41 Å². The smallest absolute Gasteiger partial charge is 0.230 e. The summed E-state index contributed by atoms with van der Waals surface area (Å²) in [5, 5.41) is 0. The molecule has 1 aromatic heterocycles. The molecule has 2 saturated heterocycles. The lowest BCUT2D eigenvalue weighted by Gasteiger charge is -2.39. The maximum atomic E-state index is 12.8. The highest BCUT2D eigenvalue weighted by Crippen LogP contribution is 2.40. The quantitative estimate of drug-likeness (QED) is 0.829. The maximum absolute atomic E-state index is 12.8. The number of carbonyl (C=O) groups excluding carboxylic acids is 1. The van der Waals surface area contributed by atoms with Gasteiger partial charge in [0.05, 0.1) is 24.8 Å². The number of piperidine rings is 1. The minimum atomic E-state index is -0.168. The van der Waals surface area contributed by atoms with Crippen LogP contribution in [0.3, 0.4) is 0 Å². The number of hydrogen-bond acceptors (Lipinski definition) is 4. The highest BCUT2D eigenvalue weighted by Gasteiger charge is 2.48. The number of carbonyl (C=O) groups is 1. The number of amides is 1. The second kappa shape index (κ2) is 6.20. The molecular formula is C16H24N2O3. The molecule has 1 spiro atoms. The molecule has 0 radical (unpaired) electrons. The van der Waals surface area contributed by atoms with Gasteiger partial charge in [0.15, 0.2) is 0 Å². The van der Waals surface area contributed by atoms with E-state index in [-0.39, 0.29) is 5.41 Å². The summed E-state index contributed by atoms with van der Waals surface area (Å²) in [6, 6.07) is 3.91. The van der Waals surface area contributed by atoms with Gasteiger partial charge in [-0.3, -0.25) is 9.69 Å². The first-order chi connectivity index (χ1) is 10.2. The Bertz CT molecular complexity index is 474. The topological polar surface area (TPSA) is 45.9 Å². The fraction of sp³-hybridized carbons (Fsp3) is 0.688. The Hall–Kier alpha value is -1.33. The number of methoxy groups -OCH3 is 1. The number of hydrogen-bond donors (Lipinski definition) is 0. The van der Waals surface area contributed by atoms with E-state index in [1.54, 1.807) is 13.4 Å². The molecule has 116 valence electrons. The molecule has 1 aromatic rings. The molecular weight excluding hydrogens is 268 g/mol. The van der Waals surface area contributed by atoms with Crippen molar-refractivity contribution < 1.29 is 13.9 Å². The highest BCUT2D eigenvalue weighted by atomic mass is 16.5.